The van der Waals surface area contributed by atoms with E-state index in [-0.39, 0.29) is 43.2 Å². The number of hydrogen-bond donors (Lipinski definition) is 1. The van der Waals surface area contributed by atoms with Gasteiger partial charge in [-0.3, -0.25) is 14.4 Å². The zero-order chi connectivity index (χ0) is 20.1. The van der Waals surface area contributed by atoms with Crippen LogP contribution in [0.25, 0.3) is 10.6 Å². The molecular formula is C20H20N2O3S3. The normalized spacial score (nSPS) is 10.8. The number of carbonyl (C=O) groups excluding carboxylic acids is 3. The first kappa shape index (κ1) is 20.6. The second-order valence-corrected chi connectivity index (χ2v) is 9.80. The van der Waals surface area contributed by atoms with Gasteiger partial charge < -0.3 is 5.32 Å². The van der Waals surface area contributed by atoms with Crippen LogP contribution >= 0.6 is 34.0 Å². The van der Waals surface area contributed by atoms with Crippen molar-refractivity contribution in [2.75, 3.05) is 5.32 Å². The monoisotopic (exact) mass is 432 g/mol. The highest BCUT2D eigenvalue weighted by molar-refractivity contribution is 7.17. The molecule has 0 radical (unpaired) electrons. The molecule has 28 heavy (non-hydrogen) atoms. The van der Waals surface area contributed by atoms with Crippen molar-refractivity contribution in [3.63, 3.8) is 0 Å². The van der Waals surface area contributed by atoms with E-state index in [1.54, 1.807) is 17.4 Å². The Bertz CT molecular complexity index is 1000. The number of thiophene rings is 2. The fourth-order valence-corrected chi connectivity index (χ4v) is 5.00. The van der Waals surface area contributed by atoms with Gasteiger partial charge in [-0.1, -0.05) is 0 Å². The van der Waals surface area contributed by atoms with E-state index in [4.69, 9.17) is 0 Å². The van der Waals surface area contributed by atoms with Crippen molar-refractivity contribution in [2.24, 2.45) is 0 Å². The highest BCUT2D eigenvalue weighted by Gasteiger charge is 2.14. The summed E-state index contributed by atoms with van der Waals surface area (Å²) in [6.07, 6.45) is 0.585. The van der Waals surface area contributed by atoms with Gasteiger partial charge in [0.25, 0.3) is 0 Å². The molecule has 0 fully saturated rings. The highest BCUT2D eigenvalue weighted by Crippen LogP contribution is 2.30. The number of aryl methyl sites for hydroxylation is 2. The maximum Gasteiger partial charge on any atom is 0.226 e. The Kier molecular flexibility index (Phi) is 6.88. The molecule has 0 saturated heterocycles. The van der Waals surface area contributed by atoms with Gasteiger partial charge in [0.05, 0.1) is 15.4 Å². The average Bonchev–Trinajstić information content (AvgIpc) is 3.39. The predicted octanol–water partition coefficient (Wildman–Crippen LogP) is 5.50. The standard InChI is InChI=1S/C20H20N2O3S3/c1-12-3-8-17(27-12)15-11-26-20(21-15)22-19(25)10-6-14(23)5-7-16(24)18-9-4-13(2)28-18/h3-4,8-9,11H,5-7,10H2,1-2H3,(H,21,22,25). The van der Waals surface area contributed by atoms with E-state index in [9.17, 15) is 14.4 Å². The molecular weight excluding hydrogens is 412 g/mol. The number of thiazole rings is 1. The van der Waals surface area contributed by atoms with E-state index in [0.717, 1.165) is 15.4 Å². The van der Waals surface area contributed by atoms with Gasteiger partial charge in [0, 0.05) is 40.8 Å². The van der Waals surface area contributed by atoms with Crippen LogP contribution in [0.5, 0.6) is 0 Å². The van der Waals surface area contributed by atoms with Crippen LogP contribution in [0.3, 0.4) is 0 Å². The zero-order valence-electron chi connectivity index (χ0n) is 15.6. The number of amides is 1. The number of anilines is 1. The summed E-state index contributed by atoms with van der Waals surface area (Å²) in [5.74, 6) is -0.336. The summed E-state index contributed by atoms with van der Waals surface area (Å²) in [7, 11) is 0. The summed E-state index contributed by atoms with van der Waals surface area (Å²) in [5.41, 5.74) is 0.844. The Balaban J connectivity index is 1.41. The lowest BCUT2D eigenvalue weighted by atomic mass is 10.1. The molecule has 0 aliphatic rings. The topological polar surface area (TPSA) is 76.1 Å². The number of carbonyl (C=O) groups is 3. The number of rotatable bonds is 9. The molecule has 8 heteroatoms. The molecule has 3 rings (SSSR count). The molecule has 0 saturated carbocycles. The molecule has 3 aromatic rings. The maximum atomic E-state index is 12.1. The Morgan fingerprint density at radius 2 is 1.64 bits per heavy atom. The molecule has 3 aromatic heterocycles. The summed E-state index contributed by atoms with van der Waals surface area (Å²) in [6.45, 7) is 3.98. The lowest BCUT2D eigenvalue weighted by Crippen LogP contribution is -2.13. The molecule has 0 aromatic carbocycles. The first-order valence-corrected chi connectivity index (χ1v) is 11.4. The van der Waals surface area contributed by atoms with Crippen LogP contribution in [0, 0.1) is 13.8 Å². The van der Waals surface area contributed by atoms with E-state index in [0.29, 0.717) is 10.0 Å². The van der Waals surface area contributed by atoms with Gasteiger partial charge in [0.2, 0.25) is 5.91 Å². The van der Waals surface area contributed by atoms with Gasteiger partial charge in [-0.25, -0.2) is 4.98 Å². The predicted molar refractivity (Wildman–Crippen MR) is 116 cm³/mol. The highest BCUT2D eigenvalue weighted by atomic mass is 32.1. The van der Waals surface area contributed by atoms with Crippen LogP contribution < -0.4 is 5.32 Å². The molecule has 0 unspecified atom stereocenters. The van der Waals surface area contributed by atoms with Crippen LogP contribution in [0.15, 0.2) is 29.6 Å². The minimum Gasteiger partial charge on any atom is -0.302 e. The molecule has 0 aliphatic carbocycles. The van der Waals surface area contributed by atoms with Crippen molar-refractivity contribution in [2.45, 2.75) is 39.5 Å². The minimum absolute atomic E-state index is 0.0185. The first-order chi connectivity index (χ1) is 13.4. The third-order valence-corrected chi connectivity index (χ3v) is 6.84. The van der Waals surface area contributed by atoms with E-state index < -0.39 is 0 Å². The summed E-state index contributed by atoms with van der Waals surface area (Å²) in [4.78, 5) is 44.6. The SMILES string of the molecule is Cc1ccc(C(=O)CCC(=O)CCC(=O)Nc2nc(-c3ccc(C)s3)cs2)s1. The Morgan fingerprint density at radius 3 is 2.32 bits per heavy atom. The third kappa shape index (κ3) is 5.67. The summed E-state index contributed by atoms with van der Waals surface area (Å²) in [5, 5.41) is 5.18. The van der Waals surface area contributed by atoms with Crippen LogP contribution in [-0.4, -0.2) is 22.5 Å². The molecule has 1 amide bonds. The Hall–Kier alpha value is -2.16. The van der Waals surface area contributed by atoms with Gasteiger partial charge >= 0.3 is 0 Å². The molecule has 146 valence electrons. The average molecular weight is 433 g/mol. The second-order valence-electron chi connectivity index (χ2n) is 6.37. The molecule has 3 heterocycles. The number of nitrogens with zero attached hydrogens (tertiary/aromatic N) is 1. The van der Waals surface area contributed by atoms with Gasteiger partial charge in [0.15, 0.2) is 10.9 Å². The Labute approximate surface area is 175 Å². The van der Waals surface area contributed by atoms with Gasteiger partial charge in [-0.2, -0.15) is 0 Å². The molecule has 5 nitrogen and oxygen atoms in total. The smallest absolute Gasteiger partial charge is 0.226 e. The largest absolute Gasteiger partial charge is 0.302 e. The van der Waals surface area contributed by atoms with Crippen LogP contribution in [0.2, 0.25) is 0 Å². The van der Waals surface area contributed by atoms with Crippen LogP contribution in [0.4, 0.5) is 5.13 Å². The van der Waals surface area contributed by atoms with Crippen LogP contribution in [-0.2, 0) is 9.59 Å². The van der Waals surface area contributed by atoms with Crippen molar-refractivity contribution in [1.29, 1.82) is 0 Å². The first-order valence-electron chi connectivity index (χ1n) is 8.84. The molecule has 1 N–H and O–H groups in total. The number of hydrogen-bond acceptors (Lipinski definition) is 7. The summed E-state index contributed by atoms with van der Waals surface area (Å²) >= 11 is 4.46. The Morgan fingerprint density at radius 1 is 0.929 bits per heavy atom. The van der Waals surface area contributed by atoms with E-state index in [1.165, 1.54) is 27.6 Å². The number of Topliss-reactive ketones (excluding diaryl/α,β-unsaturated/α-hetero) is 2. The van der Waals surface area contributed by atoms with E-state index in [2.05, 4.69) is 10.3 Å². The number of nitrogens with one attached hydrogen (secondary N) is 1. The number of aromatic nitrogens is 1. The lowest BCUT2D eigenvalue weighted by Gasteiger charge is -2.02. The molecule has 0 aliphatic heterocycles. The molecule has 0 spiro atoms. The minimum atomic E-state index is -0.239. The second kappa shape index (κ2) is 9.36. The zero-order valence-corrected chi connectivity index (χ0v) is 18.1. The van der Waals surface area contributed by atoms with Crippen molar-refractivity contribution >= 4 is 56.6 Å². The van der Waals surface area contributed by atoms with Crippen molar-refractivity contribution < 1.29 is 14.4 Å². The summed E-state index contributed by atoms with van der Waals surface area (Å²) in [6, 6.07) is 7.74. The molecule has 0 atom stereocenters. The van der Waals surface area contributed by atoms with Gasteiger partial charge in [-0.05, 0) is 38.1 Å². The van der Waals surface area contributed by atoms with Gasteiger partial charge in [-0.15, -0.1) is 34.0 Å². The number of ketones is 2. The maximum absolute atomic E-state index is 12.1. The third-order valence-electron chi connectivity index (χ3n) is 4.02. The van der Waals surface area contributed by atoms with Crippen LogP contribution in [0.1, 0.15) is 45.1 Å². The molecule has 0 bridgehead atoms. The fourth-order valence-electron chi connectivity index (χ4n) is 2.54. The fraction of sp³-hybridized carbons (Fsp3) is 0.300. The van der Waals surface area contributed by atoms with E-state index in [1.807, 2.05) is 37.4 Å². The van der Waals surface area contributed by atoms with Crippen molar-refractivity contribution in [3.8, 4) is 10.6 Å². The van der Waals surface area contributed by atoms with Crippen molar-refractivity contribution in [3.05, 3.63) is 44.3 Å². The summed E-state index contributed by atoms with van der Waals surface area (Å²) < 4.78 is 0. The lowest BCUT2D eigenvalue weighted by molar-refractivity contribution is -0.122. The van der Waals surface area contributed by atoms with E-state index >= 15 is 0 Å². The quantitative estimate of drug-likeness (QED) is 0.453. The van der Waals surface area contributed by atoms with Crippen molar-refractivity contribution in [1.82, 2.24) is 4.98 Å². The van der Waals surface area contributed by atoms with Gasteiger partial charge in [0.1, 0.15) is 5.78 Å².